The Morgan fingerprint density at radius 2 is 2.00 bits per heavy atom. The number of rotatable bonds is 5. The molecule has 1 aromatic heterocycles. The predicted octanol–water partition coefficient (Wildman–Crippen LogP) is 2.57. The number of nitrogens with zero attached hydrogens (tertiary/aromatic N) is 3. The average molecular weight is 305 g/mol. The van der Waals surface area contributed by atoms with E-state index in [0.717, 1.165) is 51.0 Å². The molecule has 2 aliphatic carbocycles. The summed E-state index contributed by atoms with van der Waals surface area (Å²) in [6, 6.07) is -0.0315. The van der Waals surface area contributed by atoms with Crippen LogP contribution in [0.25, 0.3) is 0 Å². The van der Waals surface area contributed by atoms with Gasteiger partial charge in [-0.05, 0) is 38.5 Å². The van der Waals surface area contributed by atoms with Crippen molar-refractivity contribution >= 4 is 5.91 Å². The number of hydrogen-bond acceptors (Lipinski definition) is 5. The number of amides is 1. The van der Waals surface area contributed by atoms with Crippen LogP contribution in [0.3, 0.4) is 0 Å². The lowest BCUT2D eigenvalue weighted by atomic mass is 10.2. The third-order valence-electron chi connectivity index (χ3n) is 5.00. The second-order valence-electron chi connectivity index (χ2n) is 6.73. The largest absolute Gasteiger partial charge is 0.368 e. The highest BCUT2D eigenvalue weighted by atomic mass is 16.5. The van der Waals surface area contributed by atoms with Gasteiger partial charge in [0.05, 0.1) is 12.1 Å². The zero-order valence-electron chi connectivity index (χ0n) is 12.9. The van der Waals surface area contributed by atoms with Crippen LogP contribution in [0.2, 0.25) is 0 Å². The number of carbonyl (C=O) groups is 1. The Balaban J connectivity index is 1.37. The van der Waals surface area contributed by atoms with Gasteiger partial charge in [-0.2, -0.15) is 4.98 Å². The highest BCUT2D eigenvalue weighted by Crippen LogP contribution is 2.40. The molecule has 1 amide bonds. The Labute approximate surface area is 130 Å². The average Bonchev–Trinajstić information content (AvgIpc) is 3.02. The molecule has 1 atom stereocenters. The molecule has 1 saturated heterocycles. The molecule has 1 aromatic rings. The van der Waals surface area contributed by atoms with Crippen molar-refractivity contribution in [1.82, 2.24) is 15.0 Å². The van der Waals surface area contributed by atoms with Gasteiger partial charge >= 0.3 is 0 Å². The molecule has 6 nitrogen and oxygen atoms in total. The van der Waals surface area contributed by atoms with Gasteiger partial charge in [0.1, 0.15) is 6.61 Å². The Morgan fingerprint density at radius 1 is 1.18 bits per heavy atom. The summed E-state index contributed by atoms with van der Waals surface area (Å²) in [6.07, 6.45) is 9.09. The summed E-state index contributed by atoms with van der Waals surface area (Å²) in [5, 5.41) is 4.11. The van der Waals surface area contributed by atoms with E-state index in [1.807, 2.05) is 4.90 Å². The molecule has 3 fully saturated rings. The maximum atomic E-state index is 12.5. The fourth-order valence-electron chi connectivity index (χ4n) is 3.54. The normalized spacial score (nSPS) is 26.0. The Morgan fingerprint density at radius 3 is 2.77 bits per heavy atom. The molecule has 0 radical (unpaired) electrons. The first-order valence-corrected chi connectivity index (χ1v) is 8.56. The zero-order valence-corrected chi connectivity index (χ0v) is 12.9. The van der Waals surface area contributed by atoms with Crippen LogP contribution in [0.1, 0.15) is 75.0 Å². The summed E-state index contributed by atoms with van der Waals surface area (Å²) >= 11 is 0. The molecule has 6 heteroatoms. The molecule has 120 valence electrons. The summed E-state index contributed by atoms with van der Waals surface area (Å²) in [6.45, 7) is 0.958. The van der Waals surface area contributed by atoms with E-state index in [4.69, 9.17) is 9.26 Å². The fraction of sp³-hybridized carbons (Fsp3) is 0.812. The molecule has 2 saturated carbocycles. The van der Waals surface area contributed by atoms with Crippen molar-refractivity contribution in [2.75, 3.05) is 13.2 Å². The van der Waals surface area contributed by atoms with E-state index < -0.39 is 0 Å². The third-order valence-corrected chi connectivity index (χ3v) is 5.00. The van der Waals surface area contributed by atoms with Crippen LogP contribution < -0.4 is 0 Å². The molecular weight excluding hydrogens is 282 g/mol. The van der Waals surface area contributed by atoms with Crippen LogP contribution in [-0.4, -0.2) is 40.2 Å². The van der Waals surface area contributed by atoms with E-state index in [2.05, 4.69) is 10.1 Å². The molecule has 0 N–H and O–H groups in total. The topological polar surface area (TPSA) is 68.5 Å². The van der Waals surface area contributed by atoms with Gasteiger partial charge < -0.3 is 14.2 Å². The first-order chi connectivity index (χ1) is 10.8. The molecule has 0 spiro atoms. The quantitative estimate of drug-likeness (QED) is 0.836. The van der Waals surface area contributed by atoms with Gasteiger partial charge in [-0.15, -0.1) is 0 Å². The van der Waals surface area contributed by atoms with Crippen LogP contribution in [0, 0.1) is 0 Å². The van der Waals surface area contributed by atoms with Gasteiger partial charge in [0, 0.05) is 12.5 Å². The highest BCUT2D eigenvalue weighted by molar-refractivity contribution is 5.78. The van der Waals surface area contributed by atoms with E-state index in [0.29, 0.717) is 11.7 Å². The number of hydrogen-bond donors (Lipinski definition) is 0. The van der Waals surface area contributed by atoms with Crippen LogP contribution >= 0.6 is 0 Å². The molecule has 0 aromatic carbocycles. The number of aromatic nitrogens is 2. The molecule has 4 rings (SSSR count). The minimum Gasteiger partial charge on any atom is -0.368 e. The van der Waals surface area contributed by atoms with E-state index >= 15 is 0 Å². The first-order valence-electron chi connectivity index (χ1n) is 8.56. The summed E-state index contributed by atoms with van der Waals surface area (Å²) < 4.78 is 11.1. The van der Waals surface area contributed by atoms with Gasteiger partial charge in [0.2, 0.25) is 11.8 Å². The zero-order chi connectivity index (χ0) is 14.9. The summed E-state index contributed by atoms with van der Waals surface area (Å²) in [4.78, 5) is 18.8. The second-order valence-corrected chi connectivity index (χ2v) is 6.73. The minimum atomic E-state index is -0.0315. The van der Waals surface area contributed by atoms with Crippen molar-refractivity contribution in [3.63, 3.8) is 0 Å². The third kappa shape index (κ3) is 2.89. The Bertz CT molecular complexity index is 534. The lowest BCUT2D eigenvalue weighted by Gasteiger charge is -2.23. The molecular formula is C16H23N3O3. The van der Waals surface area contributed by atoms with Gasteiger partial charge in [-0.3, -0.25) is 4.79 Å². The van der Waals surface area contributed by atoms with E-state index in [9.17, 15) is 4.79 Å². The molecule has 3 aliphatic rings. The van der Waals surface area contributed by atoms with Gasteiger partial charge in [-0.25, -0.2) is 0 Å². The van der Waals surface area contributed by atoms with Crippen molar-refractivity contribution in [1.29, 1.82) is 0 Å². The highest BCUT2D eigenvalue weighted by Gasteiger charge is 2.36. The maximum absolute atomic E-state index is 12.5. The molecule has 22 heavy (non-hydrogen) atoms. The lowest BCUT2D eigenvalue weighted by molar-refractivity contribution is -0.139. The van der Waals surface area contributed by atoms with Crippen molar-refractivity contribution in [2.24, 2.45) is 0 Å². The van der Waals surface area contributed by atoms with Crippen LogP contribution in [-0.2, 0) is 9.53 Å². The monoisotopic (exact) mass is 305 g/mol. The lowest BCUT2D eigenvalue weighted by Crippen LogP contribution is -2.35. The van der Waals surface area contributed by atoms with Crippen LogP contribution in [0.5, 0.6) is 0 Å². The fourth-order valence-corrected chi connectivity index (χ4v) is 3.54. The van der Waals surface area contributed by atoms with E-state index in [1.165, 1.54) is 12.8 Å². The van der Waals surface area contributed by atoms with Crippen molar-refractivity contribution in [2.45, 2.75) is 69.4 Å². The molecule has 1 aliphatic heterocycles. The van der Waals surface area contributed by atoms with Gasteiger partial charge in [0.25, 0.3) is 0 Å². The van der Waals surface area contributed by atoms with Crippen molar-refractivity contribution in [3.8, 4) is 0 Å². The van der Waals surface area contributed by atoms with Gasteiger partial charge in [0.15, 0.2) is 5.82 Å². The maximum Gasteiger partial charge on any atom is 0.249 e. The van der Waals surface area contributed by atoms with Gasteiger partial charge in [-0.1, -0.05) is 18.0 Å². The number of ether oxygens (including phenoxy) is 1. The van der Waals surface area contributed by atoms with Crippen LogP contribution in [0.15, 0.2) is 4.52 Å². The predicted molar refractivity (Wildman–Crippen MR) is 78.2 cm³/mol. The Kier molecular flexibility index (Phi) is 3.86. The summed E-state index contributed by atoms with van der Waals surface area (Å²) in [7, 11) is 0. The molecule has 0 unspecified atom stereocenters. The number of likely N-dealkylation sites (tertiary alicyclic amines) is 1. The minimum absolute atomic E-state index is 0.0315. The smallest absolute Gasteiger partial charge is 0.249 e. The second kappa shape index (κ2) is 5.99. The number of carbonyl (C=O) groups excluding carboxylic acids is 1. The summed E-state index contributed by atoms with van der Waals surface area (Å²) in [5.41, 5.74) is 0. The summed E-state index contributed by atoms with van der Waals surface area (Å²) in [5.74, 6) is 1.94. The SMILES string of the molecule is O=C(COC1CCCC1)N1CCC[C@@H]1c1noc(C2CC2)n1. The molecule has 2 heterocycles. The van der Waals surface area contributed by atoms with Crippen molar-refractivity contribution < 1.29 is 14.1 Å². The van der Waals surface area contributed by atoms with Crippen molar-refractivity contribution in [3.05, 3.63) is 11.7 Å². The Hall–Kier alpha value is -1.43. The van der Waals surface area contributed by atoms with E-state index in [-0.39, 0.29) is 24.7 Å². The van der Waals surface area contributed by atoms with E-state index in [1.54, 1.807) is 0 Å². The van der Waals surface area contributed by atoms with Crippen LogP contribution in [0.4, 0.5) is 0 Å². The first kappa shape index (κ1) is 14.2. The molecule has 0 bridgehead atoms. The standard InChI is InChI=1S/C16H23N3O3/c20-14(10-21-12-4-1-2-5-12)19-9-3-6-13(19)15-17-16(22-18-15)11-7-8-11/h11-13H,1-10H2/t13-/m1/s1.